The Labute approximate surface area is 183 Å². The minimum atomic E-state index is -0.472. The SMILES string of the molecule is COc1ccc(/C=N\NC(=O)c2ccc(C)s2)cc1COc1ccc(C)cc1[N+](=O)[O-]. The maximum atomic E-state index is 12.1. The molecule has 0 radical (unpaired) electrons. The van der Waals surface area contributed by atoms with Crippen LogP contribution in [0.15, 0.2) is 53.6 Å². The van der Waals surface area contributed by atoms with Crippen LogP contribution in [0.25, 0.3) is 0 Å². The molecule has 3 rings (SSSR count). The molecule has 0 aliphatic carbocycles. The van der Waals surface area contributed by atoms with Gasteiger partial charge in [0.25, 0.3) is 5.91 Å². The fraction of sp³-hybridized carbons (Fsp3) is 0.182. The molecule has 0 bridgehead atoms. The molecule has 3 aromatic rings. The van der Waals surface area contributed by atoms with E-state index in [1.165, 1.54) is 30.7 Å². The van der Waals surface area contributed by atoms with Gasteiger partial charge in [-0.2, -0.15) is 5.10 Å². The summed E-state index contributed by atoms with van der Waals surface area (Å²) in [6, 6.07) is 13.7. The Morgan fingerprint density at radius 1 is 1.16 bits per heavy atom. The first-order chi connectivity index (χ1) is 14.9. The first-order valence-electron chi connectivity index (χ1n) is 9.32. The van der Waals surface area contributed by atoms with Crippen molar-refractivity contribution in [3.05, 3.63) is 85.1 Å². The maximum Gasteiger partial charge on any atom is 0.311 e. The van der Waals surface area contributed by atoms with E-state index < -0.39 is 4.92 Å². The zero-order chi connectivity index (χ0) is 22.4. The van der Waals surface area contributed by atoms with Crippen molar-refractivity contribution in [1.82, 2.24) is 5.43 Å². The molecule has 0 saturated heterocycles. The predicted octanol–water partition coefficient (Wildman–Crippen LogP) is 4.62. The molecule has 0 aliphatic heterocycles. The minimum Gasteiger partial charge on any atom is -0.496 e. The van der Waals surface area contributed by atoms with Gasteiger partial charge in [0, 0.05) is 16.5 Å². The van der Waals surface area contributed by atoms with Crippen LogP contribution in [-0.2, 0) is 6.61 Å². The van der Waals surface area contributed by atoms with Crippen LogP contribution < -0.4 is 14.9 Å². The van der Waals surface area contributed by atoms with E-state index in [0.717, 1.165) is 10.4 Å². The highest BCUT2D eigenvalue weighted by molar-refractivity contribution is 7.13. The molecule has 2 aromatic carbocycles. The van der Waals surface area contributed by atoms with Crippen molar-refractivity contribution in [3.63, 3.8) is 0 Å². The second-order valence-electron chi connectivity index (χ2n) is 6.70. The smallest absolute Gasteiger partial charge is 0.311 e. The van der Waals surface area contributed by atoms with Crippen LogP contribution in [0.3, 0.4) is 0 Å². The lowest BCUT2D eigenvalue weighted by Crippen LogP contribution is -2.16. The largest absolute Gasteiger partial charge is 0.496 e. The van der Waals surface area contributed by atoms with Gasteiger partial charge in [-0.15, -0.1) is 11.3 Å². The molecule has 0 atom stereocenters. The molecule has 1 amide bonds. The Morgan fingerprint density at radius 3 is 2.61 bits per heavy atom. The van der Waals surface area contributed by atoms with Crippen molar-refractivity contribution in [2.24, 2.45) is 5.10 Å². The van der Waals surface area contributed by atoms with Crippen molar-refractivity contribution in [2.75, 3.05) is 7.11 Å². The summed E-state index contributed by atoms with van der Waals surface area (Å²) in [4.78, 5) is 24.5. The fourth-order valence-electron chi connectivity index (χ4n) is 2.82. The van der Waals surface area contributed by atoms with Crippen LogP contribution >= 0.6 is 11.3 Å². The molecule has 31 heavy (non-hydrogen) atoms. The van der Waals surface area contributed by atoms with E-state index in [0.29, 0.717) is 21.8 Å². The number of nitro benzene ring substituents is 1. The van der Waals surface area contributed by atoms with Crippen LogP contribution in [-0.4, -0.2) is 24.2 Å². The highest BCUT2D eigenvalue weighted by atomic mass is 32.1. The van der Waals surface area contributed by atoms with Crippen LogP contribution in [0.4, 0.5) is 5.69 Å². The number of aryl methyl sites for hydroxylation is 2. The lowest BCUT2D eigenvalue weighted by Gasteiger charge is -2.11. The van der Waals surface area contributed by atoms with Crippen molar-refractivity contribution < 1.29 is 19.2 Å². The molecular formula is C22H21N3O5S. The van der Waals surface area contributed by atoms with Crippen LogP contribution in [0.1, 0.15) is 31.2 Å². The Bertz CT molecular complexity index is 1140. The predicted molar refractivity (Wildman–Crippen MR) is 119 cm³/mol. The Kier molecular flexibility index (Phi) is 6.99. The average Bonchev–Trinajstić information content (AvgIpc) is 3.19. The van der Waals surface area contributed by atoms with E-state index in [-0.39, 0.29) is 24.0 Å². The first-order valence-corrected chi connectivity index (χ1v) is 10.1. The quantitative estimate of drug-likeness (QED) is 0.313. The van der Waals surface area contributed by atoms with Crippen LogP contribution in [0, 0.1) is 24.0 Å². The summed E-state index contributed by atoms with van der Waals surface area (Å²) < 4.78 is 11.1. The standard InChI is InChI=1S/C22H21N3O5S/c1-14-4-7-20(18(10-14)25(27)28)30-13-17-11-16(6-8-19(17)29-3)12-23-24-22(26)21-9-5-15(2)31-21/h4-12H,13H2,1-3H3,(H,24,26)/b23-12-. The molecule has 9 heteroatoms. The third kappa shape index (κ3) is 5.67. The molecule has 0 spiro atoms. The van der Waals surface area contributed by atoms with Crippen molar-refractivity contribution in [3.8, 4) is 11.5 Å². The lowest BCUT2D eigenvalue weighted by atomic mass is 10.1. The summed E-state index contributed by atoms with van der Waals surface area (Å²) in [6.07, 6.45) is 1.51. The Balaban J connectivity index is 1.72. The van der Waals surface area contributed by atoms with Crippen molar-refractivity contribution >= 4 is 29.1 Å². The number of nitro groups is 1. The summed E-state index contributed by atoms with van der Waals surface area (Å²) >= 11 is 1.39. The van der Waals surface area contributed by atoms with Gasteiger partial charge in [0.15, 0.2) is 5.75 Å². The Morgan fingerprint density at radius 2 is 1.94 bits per heavy atom. The number of thiophene rings is 1. The average molecular weight is 439 g/mol. The molecule has 1 aromatic heterocycles. The number of carbonyl (C=O) groups is 1. The number of rotatable bonds is 8. The van der Waals surface area contributed by atoms with E-state index in [1.54, 1.807) is 43.3 Å². The summed E-state index contributed by atoms with van der Waals surface area (Å²) in [7, 11) is 1.53. The summed E-state index contributed by atoms with van der Waals surface area (Å²) in [6.45, 7) is 3.77. The van der Waals surface area contributed by atoms with Gasteiger partial charge in [-0.1, -0.05) is 6.07 Å². The van der Waals surface area contributed by atoms with E-state index in [2.05, 4.69) is 10.5 Å². The number of methoxy groups -OCH3 is 1. The molecule has 1 heterocycles. The van der Waals surface area contributed by atoms with E-state index in [9.17, 15) is 14.9 Å². The monoisotopic (exact) mass is 439 g/mol. The van der Waals surface area contributed by atoms with Crippen molar-refractivity contribution in [1.29, 1.82) is 0 Å². The fourth-order valence-corrected chi connectivity index (χ4v) is 3.57. The number of hydrogen-bond donors (Lipinski definition) is 1. The van der Waals surface area contributed by atoms with Crippen molar-refractivity contribution in [2.45, 2.75) is 20.5 Å². The lowest BCUT2D eigenvalue weighted by molar-refractivity contribution is -0.386. The van der Waals surface area contributed by atoms with Gasteiger partial charge < -0.3 is 9.47 Å². The third-order valence-corrected chi connectivity index (χ3v) is 5.34. The number of benzene rings is 2. The molecule has 8 nitrogen and oxygen atoms in total. The molecule has 1 N–H and O–H groups in total. The molecule has 160 valence electrons. The number of hydrogen-bond acceptors (Lipinski definition) is 7. The number of amides is 1. The minimum absolute atomic E-state index is 0.0651. The molecule has 0 unspecified atom stereocenters. The van der Waals surface area contributed by atoms with Gasteiger partial charge in [0.1, 0.15) is 12.4 Å². The second-order valence-corrected chi connectivity index (χ2v) is 7.99. The highest BCUT2D eigenvalue weighted by Crippen LogP contribution is 2.30. The molecule has 0 saturated carbocycles. The van der Waals surface area contributed by atoms with Gasteiger partial charge in [-0.25, -0.2) is 5.43 Å². The van der Waals surface area contributed by atoms with Gasteiger partial charge in [-0.3, -0.25) is 14.9 Å². The summed E-state index contributed by atoms with van der Waals surface area (Å²) in [5.41, 5.74) is 4.56. The van der Waals surface area contributed by atoms with Crippen LogP contribution in [0.5, 0.6) is 11.5 Å². The first kappa shape index (κ1) is 22.0. The number of hydrazone groups is 1. The summed E-state index contributed by atoms with van der Waals surface area (Å²) in [5, 5.41) is 15.3. The Hall–Kier alpha value is -3.72. The highest BCUT2D eigenvalue weighted by Gasteiger charge is 2.16. The third-order valence-electron chi connectivity index (χ3n) is 4.34. The number of nitrogens with one attached hydrogen (secondary N) is 1. The normalized spacial score (nSPS) is 10.8. The maximum absolute atomic E-state index is 12.1. The van der Waals surface area contributed by atoms with Gasteiger partial charge in [0.2, 0.25) is 0 Å². The molecule has 0 fully saturated rings. The van der Waals surface area contributed by atoms with E-state index in [4.69, 9.17) is 9.47 Å². The van der Waals surface area contributed by atoms with Gasteiger partial charge in [0.05, 0.1) is 23.1 Å². The second kappa shape index (κ2) is 9.86. The number of ether oxygens (including phenoxy) is 2. The number of nitrogens with zero attached hydrogens (tertiary/aromatic N) is 2. The van der Waals surface area contributed by atoms with E-state index >= 15 is 0 Å². The van der Waals surface area contributed by atoms with E-state index in [1.807, 2.05) is 13.0 Å². The topological polar surface area (TPSA) is 103 Å². The molecule has 0 aliphatic rings. The zero-order valence-electron chi connectivity index (χ0n) is 17.2. The van der Waals surface area contributed by atoms with Gasteiger partial charge in [-0.05, 0) is 61.4 Å². The zero-order valence-corrected chi connectivity index (χ0v) is 18.1. The summed E-state index contributed by atoms with van der Waals surface area (Å²) in [5.74, 6) is 0.471. The van der Waals surface area contributed by atoms with Gasteiger partial charge >= 0.3 is 5.69 Å². The number of carbonyl (C=O) groups excluding carboxylic acids is 1. The molecular weight excluding hydrogens is 418 g/mol. The van der Waals surface area contributed by atoms with Crippen LogP contribution in [0.2, 0.25) is 0 Å².